The van der Waals surface area contributed by atoms with E-state index < -0.39 is 6.17 Å². The molecule has 0 bridgehead atoms. The van der Waals surface area contributed by atoms with Gasteiger partial charge in [0.1, 0.15) is 18.8 Å². The zero-order valence-corrected chi connectivity index (χ0v) is 18.2. The molecule has 1 fully saturated rings. The Labute approximate surface area is 187 Å². The molecule has 0 amide bonds. The second-order valence-corrected chi connectivity index (χ2v) is 8.59. The highest BCUT2D eigenvalue weighted by Gasteiger charge is 2.21. The van der Waals surface area contributed by atoms with E-state index in [1.165, 1.54) is 5.56 Å². The van der Waals surface area contributed by atoms with E-state index in [1.807, 2.05) is 22.9 Å². The second kappa shape index (κ2) is 9.63. The van der Waals surface area contributed by atoms with Gasteiger partial charge in [-0.05, 0) is 35.7 Å². The molecule has 4 aromatic rings. The maximum absolute atomic E-state index is 15.0. The van der Waals surface area contributed by atoms with Crippen molar-refractivity contribution in [1.82, 2.24) is 29.5 Å². The molecule has 1 aliphatic rings. The number of piperazine rings is 1. The van der Waals surface area contributed by atoms with E-state index in [9.17, 15) is 0 Å². The Kier molecular flexibility index (Phi) is 6.27. The number of hydrogen-bond donors (Lipinski definition) is 1. The van der Waals surface area contributed by atoms with Crippen LogP contribution in [0.1, 0.15) is 11.1 Å². The summed E-state index contributed by atoms with van der Waals surface area (Å²) in [5, 5.41) is 8.80. The molecule has 0 radical (unpaired) electrons. The Morgan fingerprint density at radius 2 is 1.69 bits per heavy atom. The molecular weight excluding hydrogens is 403 g/mol. The Hall–Kier alpha value is -3.03. The first-order valence-electron chi connectivity index (χ1n) is 11.3. The first-order valence-corrected chi connectivity index (χ1v) is 11.3. The van der Waals surface area contributed by atoms with Crippen molar-refractivity contribution in [3.63, 3.8) is 0 Å². The molecule has 0 aliphatic carbocycles. The molecule has 1 atom stereocenters. The summed E-state index contributed by atoms with van der Waals surface area (Å²) in [4.78, 5) is 8.03. The third kappa shape index (κ3) is 4.89. The normalized spacial score (nSPS) is 16.5. The minimum Gasteiger partial charge on any atom is -0.361 e. The summed E-state index contributed by atoms with van der Waals surface area (Å²) in [5.41, 5.74) is 4.40. The maximum atomic E-state index is 15.0. The van der Waals surface area contributed by atoms with E-state index in [4.69, 9.17) is 0 Å². The van der Waals surface area contributed by atoms with Crippen LogP contribution in [0.25, 0.3) is 16.6 Å². The fourth-order valence-electron chi connectivity index (χ4n) is 4.54. The molecule has 5 rings (SSSR count). The number of nitrogens with zero attached hydrogens (tertiary/aromatic N) is 5. The van der Waals surface area contributed by atoms with Crippen molar-refractivity contribution in [2.75, 3.05) is 39.3 Å². The van der Waals surface area contributed by atoms with Crippen molar-refractivity contribution in [3.8, 4) is 5.69 Å². The van der Waals surface area contributed by atoms with Crippen LogP contribution in [0.2, 0.25) is 0 Å². The number of hydrogen-bond acceptors (Lipinski definition) is 4. The van der Waals surface area contributed by atoms with E-state index in [0.29, 0.717) is 13.0 Å². The van der Waals surface area contributed by atoms with Crippen LogP contribution < -0.4 is 0 Å². The topological polar surface area (TPSA) is 53.0 Å². The van der Waals surface area contributed by atoms with Crippen LogP contribution >= 0.6 is 0 Å². The highest BCUT2D eigenvalue weighted by atomic mass is 19.1. The smallest absolute Gasteiger partial charge is 0.123 e. The van der Waals surface area contributed by atoms with Gasteiger partial charge in [0, 0.05) is 68.5 Å². The number of nitrogens with one attached hydrogen (secondary N) is 1. The molecule has 1 saturated heterocycles. The molecular formula is C25H29FN6. The molecule has 2 aromatic carbocycles. The third-order valence-corrected chi connectivity index (χ3v) is 6.39. The van der Waals surface area contributed by atoms with E-state index >= 15 is 4.39 Å². The molecule has 7 heteroatoms. The number of fused-ring (bicyclic) bond motifs is 1. The number of rotatable bonds is 8. The summed E-state index contributed by atoms with van der Waals surface area (Å²) in [7, 11) is 0. The SMILES string of the molecule is FC(Cc1c[nH]c2ccc(-n3cnnc3)cc12)CN1CCN(CCc2ccccc2)CC1. The lowest BCUT2D eigenvalue weighted by Crippen LogP contribution is -2.48. The van der Waals surface area contributed by atoms with Gasteiger partial charge in [-0.15, -0.1) is 10.2 Å². The fraction of sp³-hybridized carbons (Fsp3) is 0.360. The number of halogens is 1. The van der Waals surface area contributed by atoms with Gasteiger partial charge in [0.2, 0.25) is 0 Å². The van der Waals surface area contributed by atoms with Gasteiger partial charge in [-0.3, -0.25) is 9.47 Å². The Morgan fingerprint density at radius 3 is 2.47 bits per heavy atom. The predicted molar refractivity (Wildman–Crippen MR) is 125 cm³/mol. The summed E-state index contributed by atoms with van der Waals surface area (Å²) in [6.07, 6.45) is 5.89. The summed E-state index contributed by atoms with van der Waals surface area (Å²) in [5.74, 6) is 0. The van der Waals surface area contributed by atoms with E-state index in [-0.39, 0.29) is 0 Å². The van der Waals surface area contributed by atoms with E-state index in [1.54, 1.807) is 12.7 Å². The van der Waals surface area contributed by atoms with Crippen molar-refractivity contribution in [1.29, 1.82) is 0 Å². The highest BCUT2D eigenvalue weighted by Crippen LogP contribution is 2.23. The summed E-state index contributed by atoms with van der Waals surface area (Å²) in [6.45, 7) is 5.44. The standard InChI is InChI=1S/C25H29FN6/c26-22(17-31-12-10-30(11-13-31)9-8-20-4-2-1-3-5-20)14-21-16-27-25-7-6-23(15-24(21)25)32-18-28-29-19-32/h1-7,15-16,18-19,22,27H,8-14,17H2. The molecule has 0 saturated carbocycles. The van der Waals surface area contributed by atoms with Gasteiger partial charge in [-0.1, -0.05) is 30.3 Å². The van der Waals surface area contributed by atoms with Crippen LogP contribution in [-0.4, -0.2) is 75.0 Å². The number of alkyl halides is 1. The molecule has 1 N–H and O–H groups in total. The molecule has 1 aliphatic heterocycles. The maximum Gasteiger partial charge on any atom is 0.123 e. The van der Waals surface area contributed by atoms with Gasteiger partial charge in [-0.2, -0.15) is 0 Å². The van der Waals surface area contributed by atoms with Crippen LogP contribution in [0.15, 0.2) is 67.4 Å². The van der Waals surface area contributed by atoms with Gasteiger partial charge in [-0.25, -0.2) is 4.39 Å². The van der Waals surface area contributed by atoms with Gasteiger partial charge < -0.3 is 9.88 Å². The molecule has 32 heavy (non-hydrogen) atoms. The van der Waals surface area contributed by atoms with Crippen molar-refractivity contribution in [2.24, 2.45) is 0 Å². The van der Waals surface area contributed by atoms with Crippen LogP contribution in [0.4, 0.5) is 4.39 Å². The van der Waals surface area contributed by atoms with Gasteiger partial charge in [0.15, 0.2) is 0 Å². The third-order valence-electron chi connectivity index (χ3n) is 6.39. The Bertz CT molecular complexity index is 1120. The number of benzene rings is 2. The van der Waals surface area contributed by atoms with Gasteiger partial charge in [0.25, 0.3) is 0 Å². The molecule has 166 valence electrons. The quantitative estimate of drug-likeness (QED) is 0.463. The van der Waals surface area contributed by atoms with Crippen molar-refractivity contribution in [3.05, 3.63) is 78.5 Å². The van der Waals surface area contributed by atoms with Crippen LogP contribution in [0, 0.1) is 0 Å². The average Bonchev–Trinajstić information content (AvgIpc) is 3.50. The van der Waals surface area contributed by atoms with Crippen molar-refractivity contribution >= 4 is 10.9 Å². The Balaban J connectivity index is 1.13. The largest absolute Gasteiger partial charge is 0.361 e. The van der Waals surface area contributed by atoms with E-state index in [2.05, 4.69) is 61.4 Å². The number of aromatic nitrogens is 4. The first kappa shape index (κ1) is 20.8. The molecule has 2 aromatic heterocycles. The molecule has 6 nitrogen and oxygen atoms in total. The van der Waals surface area contributed by atoms with Crippen molar-refractivity contribution in [2.45, 2.75) is 19.0 Å². The highest BCUT2D eigenvalue weighted by molar-refractivity contribution is 5.85. The lowest BCUT2D eigenvalue weighted by atomic mass is 10.1. The van der Waals surface area contributed by atoms with Crippen LogP contribution in [0.3, 0.4) is 0 Å². The van der Waals surface area contributed by atoms with Gasteiger partial charge in [0.05, 0.1) is 0 Å². The summed E-state index contributed by atoms with van der Waals surface area (Å²) in [6, 6.07) is 16.7. The lowest BCUT2D eigenvalue weighted by Gasteiger charge is -2.35. The zero-order chi connectivity index (χ0) is 21.8. The van der Waals surface area contributed by atoms with Crippen molar-refractivity contribution < 1.29 is 4.39 Å². The van der Waals surface area contributed by atoms with Gasteiger partial charge >= 0.3 is 0 Å². The minimum absolute atomic E-state index is 0.417. The van der Waals surface area contributed by atoms with E-state index in [0.717, 1.165) is 61.3 Å². The summed E-state index contributed by atoms with van der Waals surface area (Å²) < 4.78 is 16.9. The molecule has 1 unspecified atom stereocenters. The number of H-pyrrole nitrogens is 1. The molecule has 0 spiro atoms. The molecule has 3 heterocycles. The monoisotopic (exact) mass is 432 g/mol. The fourth-order valence-corrected chi connectivity index (χ4v) is 4.54. The van der Waals surface area contributed by atoms with Crippen LogP contribution in [0.5, 0.6) is 0 Å². The summed E-state index contributed by atoms with van der Waals surface area (Å²) >= 11 is 0. The zero-order valence-electron chi connectivity index (χ0n) is 18.2. The second-order valence-electron chi connectivity index (χ2n) is 8.59. The first-order chi connectivity index (χ1) is 15.7. The lowest BCUT2D eigenvalue weighted by molar-refractivity contribution is 0.107. The van der Waals surface area contributed by atoms with Crippen LogP contribution in [-0.2, 0) is 12.8 Å². The number of aromatic amines is 1. The predicted octanol–water partition coefficient (Wildman–Crippen LogP) is 3.49. The average molecular weight is 433 g/mol. The minimum atomic E-state index is -0.886. The Morgan fingerprint density at radius 1 is 0.938 bits per heavy atom.